The van der Waals surface area contributed by atoms with Crippen LogP contribution in [0.15, 0.2) is 18.2 Å². The van der Waals surface area contributed by atoms with Gasteiger partial charge in [-0.05, 0) is 30.5 Å². The molecule has 4 heteroatoms. The molecule has 86 valence electrons. The summed E-state index contributed by atoms with van der Waals surface area (Å²) in [5.41, 5.74) is 0.319. The molecule has 1 aromatic rings. The molecule has 0 heterocycles. The normalized spacial score (nSPS) is 16.7. The van der Waals surface area contributed by atoms with Crippen LogP contribution in [-0.4, -0.2) is 20.2 Å². The summed E-state index contributed by atoms with van der Waals surface area (Å²) in [5, 5.41) is 0.558. The molecule has 0 aromatic heterocycles. The predicted molar refractivity (Wildman–Crippen MR) is 60.9 cm³/mol. The maximum Gasteiger partial charge on any atom is 0.316 e. The number of hydrogen-bond donors (Lipinski definition) is 0. The Labute approximate surface area is 99.3 Å². The van der Waals surface area contributed by atoms with Gasteiger partial charge in [-0.3, -0.25) is 4.79 Å². The number of hydrogen-bond acceptors (Lipinski definition) is 3. The van der Waals surface area contributed by atoms with Crippen molar-refractivity contribution in [2.45, 2.75) is 18.3 Å². The quantitative estimate of drug-likeness (QED) is 0.762. The van der Waals surface area contributed by atoms with E-state index in [4.69, 9.17) is 21.1 Å². The van der Waals surface area contributed by atoms with E-state index in [9.17, 15) is 4.79 Å². The third-order valence-corrected chi connectivity index (χ3v) is 3.33. The lowest BCUT2D eigenvalue weighted by atomic mass is 9.96. The highest BCUT2D eigenvalue weighted by atomic mass is 35.5. The fourth-order valence-electron chi connectivity index (χ4n) is 1.91. The summed E-state index contributed by atoms with van der Waals surface area (Å²) in [6, 6.07) is 5.37. The third kappa shape index (κ3) is 1.65. The van der Waals surface area contributed by atoms with E-state index in [2.05, 4.69) is 0 Å². The van der Waals surface area contributed by atoms with Gasteiger partial charge >= 0.3 is 5.97 Å². The Morgan fingerprint density at radius 3 is 2.50 bits per heavy atom. The first-order chi connectivity index (χ1) is 7.64. The largest absolute Gasteiger partial charge is 0.497 e. The fourth-order valence-corrected chi connectivity index (χ4v) is 2.27. The van der Waals surface area contributed by atoms with Gasteiger partial charge < -0.3 is 9.47 Å². The molecule has 0 saturated heterocycles. The second-order valence-electron chi connectivity index (χ2n) is 3.92. The van der Waals surface area contributed by atoms with Crippen LogP contribution in [0.3, 0.4) is 0 Å². The van der Waals surface area contributed by atoms with E-state index < -0.39 is 5.41 Å². The van der Waals surface area contributed by atoms with Gasteiger partial charge in [0.05, 0.1) is 19.6 Å². The van der Waals surface area contributed by atoms with Gasteiger partial charge in [0.25, 0.3) is 0 Å². The second-order valence-corrected chi connectivity index (χ2v) is 4.33. The van der Waals surface area contributed by atoms with Crippen LogP contribution in [0, 0.1) is 0 Å². The highest BCUT2D eigenvalue weighted by Gasteiger charge is 2.53. The molecule has 0 unspecified atom stereocenters. The first-order valence-electron chi connectivity index (χ1n) is 5.06. The van der Waals surface area contributed by atoms with Gasteiger partial charge in [0.1, 0.15) is 5.75 Å². The molecule has 1 aliphatic rings. The predicted octanol–water partition coefficient (Wildman–Crippen LogP) is 2.55. The zero-order valence-corrected chi connectivity index (χ0v) is 10.0. The SMILES string of the molecule is COC(=O)C1(c2ccc(OC)cc2Cl)CC1. The topological polar surface area (TPSA) is 35.5 Å². The van der Waals surface area contributed by atoms with Crippen molar-refractivity contribution in [3.63, 3.8) is 0 Å². The molecule has 1 saturated carbocycles. The Morgan fingerprint density at radius 2 is 2.06 bits per heavy atom. The van der Waals surface area contributed by atoms with Crippen LogP contribution in [0.1, 0.15) is 18.4 Å². The molecular formula is C12H13ClO3. The van der Waals surface area contributed by atoms with Gasteiger partial charge in [-0.2, -0.15) is 0 Å². The Kier molecular flexibility index (Phi) is 2.80. The summed E-state index contributed by atoms with van der Waals surface area (Å²) in [7, 11) is 2.98. The molecule has 1 fully saturated rings. The number of rotatable bonds is 3. The number of carbonyl (C=O) groups excluding carboxylic acids is 1. The van der Waals surface area contributed by atoms with Crippen LogP contribution < -0.4 is 4.74 Å². The Balaban J connectivity index is 2.38. The molecule has 1 aliphatic carbocycles. The van der Waals surface area contributed by atoms with Crippen molar-refractivity contribution in [3.05, 3.63) is 28.8 Å². The summed E-state index contributed by atoms with van der Waals surface area (Å²) in [6.45, 7) is 0. The number of methoxy groups -OCH3 is 2. The molecule has 0 N–H and O–H groups in total. The summed E-state index contributed by atoms with van der Waals surface area (Å²) in [5.74, 6) is 0.481. The van der Waals surface area contributed by atoms with E-state index >= 15 is 0 Å². The van der Waals surface area contributed by atoms with E-state index in [0.717, 1.165) is 18.4 Å². The standard InChI is InChI=1S/C12H13ClO3/c1-15-8-3-4-9(10(13)7-8)12(5-6-12)11(14)16-2/h3-4,7H,5-6H2,1-2H3. The highest BCUT2D eigenvalue weighted by Crippen LogP contribution is 2.51. The van der Waals surface area contributed by atoms with Crippen LogP contribution in [-0.2, 0) is 14.9 Å². The van der Waals surface area contributed by atoms with Crippen LogP contribution in [0.4, 0.5) is 0 Å². The average molecular weight is 241 g/mol. The molecule has 0 spiro atoms. The van der Waals surface area contributed by atoms with E-state index in [1.54, 1.807) is 13.2 Å². The van der Waals surface area contributed by atoms with Gasteiger partial charge in [-0.25, -0.2) is 0 Å². The number of esters is 1. The van der Waals surface area contributed by atoms with Crippen molar-refractivity contribution in [2.75, 3.05) is 14.2 Å². The van der Waals surface area contributed by atoms with Gasteiger partial charge in [-0.15, -0.1) is 0 Å². The summed E-state index contributed by atoms with van der Waals surface area (Å²) in [4.78, 5) is 11.7. The lowest BCUT2D eigenvalue weighted by molar-refractivity contribution is -0.143. The Morgan fingerprint density at radius 1 is 1.38 bits per heavy atom. The number of ether oxygens (including phenoxy) is 2. The van der Waals surface area contributed by atoms with E-state index in [-0.39, 0.29) is 5.97 Å². The van der Waals surface area contributed by atoms with Crippen LogP contribution in [0.2, 0.25) is 5.02 Å². The Bertz CT molecular complexity index is 424. The van der Waals surface area contributed by atoms with Crippen LogP contribution in [0.5, 0.6) is 5.75 Å². The first-order valence-corrected chi connectivity index (χ1v) is 5.44. The summed E-state index contributed by atoms with van der Waals surface area (Å²) >= 11 is 6.15. The van der Waals surface area contributed by atoms with Crippen molar-refractivity contribution in [1.29, 1.82) is 0 Å². The van der Waals surface area contributed by atoms with Gasteiger partial charge in [0.2, 0.25) is 0 Å². The molecule has 0 radical (unpaired) electrons. The fraction of sp³-hybridized carbons (Fsp3) is 0.417. The number of carbonyl (C=O) groups is 1. The lowest BCUT2D eigenvalue weighted by Gasteiger charge is -2.15. The zero-order valence-electron chi connectivity index (χ0n) is 9.25. The molecule has 0 atom stereocenters. The molecule has 0 aliphatic heterocycles. The smallest absolute Gasteiger partial charge is 0.316 e. The van der Waals surface area contributed by atoms with Crippen molar-refractivity contribution in [3.8, 4) is 5.75 Å². The van der Waals surface area contributed by atoms with Crippen molar-refractivity contribution in [2.24, 2.45) is 0 Å². The van der Waals surface area contributed by atoms with Crippen molar-refractivity contribution in [1.82, 2.24) is 0 Å². The first kappa shape index (κ1) is 11.3. The third-order valence-electron chi connectivity index (χ3n) is 3.02. The van der Waals surface area contributed by atoms with E-state index in [1.807, 2.05) is 12.1 Å². The minimum absolute atomic E-state index is 0.209. The highest BCUT2D eigenvalue weighted by molar-refractivity contribution is 6.32. The van der Waals surface area contributed by atoms with Gasteiger partial charge in [0, 0.05) is 5.02 Å². The number of halogens is 1. The van der Waals surface area contributed by atoms with E-state index in [1.165, 1.54) is 7.11 Å². The molecule has 0 bridgehead atoms. The minimum Gasteiger partial charge on any atom is -0.497 e. The lowest BCUT2D eigenvalue weighted by Crippen LogP contribution is -2.22. The molecule has 0 amide bonds. The van der Waals surface area contributed by atoms with Crippen molar-refractivity contribution < 1.29 is 14.3 Å². The van der Waals surface area contributed by atoms with Crippen LogP contribution in [0.25, 0.3) is 0 Å². The average Bonchev–Trinajstić information content (AvgIpc) is 3.09. The molecular weight excluding hydrogens is 228 g/mol. The van der Waals surface area contributed by atoms with Crippen molar-refractivity contribution >= 4 is 17.6 Å². The van der Waals surface area contributed by atoms with Gasteiger partial charge in [0.15, 0.2) is 0 Å². The maximum absolute atomic E-state index is 11.7. The van der Waals surface area contributed by atoms with Gasteiger partial charge in [-0.1, -0.05) is 17.7 Å². The van der Waals surface area contributed by atoms with E-state index in [0.29, 0.717) is 10.8 Å². The molecule has 1 aromatic carbocycles. The number of benzene rings is 1. The zero-order chi connectivity index (χ0) is 11.8. The van der Waals surface area contributed by atoms with Crippen LogP contribution >= 0.6 is 11.6 Å². The minimum atomic E-state index is -0.516. The Hall–Kier alpha value is -1.22. The monoisotopic (exact) mass is 240 g/mol. The molecule has 16 heavy (non-hydrogen) atoms. The summed E-state index contributed by atoms with van der Waals surface area (Å²) < 4.78 is 9.88. The molecule has 2 rings (SSSR count). The maximum atomic E-state index is 11.7. The molecule has 3 nitrogen and oxygen atoms in total. The summed E-state index contributed by atoms with van der Waals surface area (Å²) in [6.07, 6.45) is 1.59. The second kappa shape index (κ2) is 3.98.